The molecule has 3 aromatic rings. The minimum absolute atomic E-state index is 0.186. The molecule has 1 aliphatic rings. The van der Waals surface area contributed by atoms with Crippen LogP contribution in [0.15, 0.2) is 65.8 Å². The lowest BCUT2D eigenvalue weighted by Gasteiger charge is -2.22. The van der Waals surface area contributed by atoms with Crippen molar-refractivity contribution in [3.8, 4) is 22.6 Å². The number of alkyl halides is 3. The number of aliphatic hydroxyl groups is 1. The molecule has 1 heterocycles. The Morgan fingerprint density at radius 2 is 1.83 bits per heavy atom. The Bertz CT molecular complexity index is 1310. The summed E-state index contributed by atoms with van der Waals surface area (Å²) in [4.78, 5) is 11.1. The quantitative estimate of drug-likeness (QED) is 0.351. The van der Waals surface area contributed by atoms with Gasteiger partial charge < -0.3 is 14.9 Å². The van der Waals surface area contributed by atoms with Gasteiger partial charge in [0, 0.05) is 12.0 Å². The van der Waals surface area contributed by atoms with E-state index in [-0.39, 0.29) is 28.6 Å². The van der Waals surface area contributed by atoms with E-state index in [2.05, 4.69) is 5.10 Å². The van der Waals surface area contributed by atoms with E-state index in [4.69, 9.17) is 21.4 Å². The fourth-order valence-electron chi connectivity index (χ4n) is 3.80. The Morgan fingerprint density at radius 1 is 1.11 bits per heavy atom. The maximum Gasteiger partial charge on any atom is 0.431 e. The van der Waals surface area contributed by atoms with Crippen molar-refractivity contribution >= 4 is 29.0 Å². The summed E-state index contributed by atoms with van der Waals surface area (Å²) in [5.74, 6) is -1.14. The molecule has 1 aliphatic heterocycles. The molecule has 0 saturated heterocycles. The van der Waals surface area contributed by atoms with Gasteiger partial charge >= 0.3 is 12.1 Å². The lowest BCUT2D eigenvalue weighted by atomic mass is 10.0. The molecule has 1 unspecified atom stereocenters. The molecular weight excluding hydrogens is 504 g/mol. The Hall–Kier alpha value is -3.63. The van der Waals surface area contributed by atoms with Crippen molar-refractivity contribution in [2.24, 2.45) is 5.10 Å². The van der Waals surface area contributed by atoms with Gasteiger partial charge in [0.25, 0.3) is 0 Å². The Labute approximate surface area is 208 Å². The molecule has 0 fully saturated rings. The largest absolute Gasteiger partial charge is 0.481 e. The molecule has 0 amide bonds. The van der Waals surface area contributed by atoms with Crippen LogP contribution in [-0.4, -0.2) is 34.1 Å². The summed E-state index contributed by atoms with van der Waals surface area (Å²) in [6.45, 7) is -0.241. The molecule has 188 valence electrons. The van der Waals surface area contributed by atoms with Crippen LogP contribution in [0.3, 0.4) is 0 Å². The number of benzene rings is 3. The lowest BCUT2D eigenvalue weighted by Crippen LogP contribution is -2.29. The zero-order chi connectivity index (χ0) is 26.0. The number of aliphatic carboxylic acids is 1. The molecule has 1 atom stereocenters. The zero-order valence-corrected chi connectivity index (χ0v) is 19.2. The van der Waals surface area contributed by atoms with Crippen molar-refractivity contribution in [1.29, 1.82) is 0 Å². The molecule has 0 saturated carbocycles. The lowest BCUT2D eigenvalue weighted by molar-refractivity contribution is -0.137. The number of halogens is 5. The molecule has 0 radical (unpaired) electrons. The van der Waals surface area contributed by atoms with E-state index in [0.717, 1.165) is 5.01 Å². The number of carboxylic acids is 1. The molecule has 0 aliphatic carbocycles. The van der Waals surface area contributed by atoms with E-state index in [1.165, 1.54) is 48.5 Å². The van der Waals surface area contributed by atoms with Gasteiger partial charge in [-0.05, 0) is 59.7 Å². The van der Waals surface area contributed by atoms with Crippen molar-refractivity contribution in [3.63, 3.8) is 0 Å². The highest BCUT2D eigenvalue weighted by Gasteiger charge is 2.43. The maximum atomic E-state index is 14.3. The average molecular weight is 523 g/mol. The first-order chi connectivity index (χ1) is 17.0. The van der Waals surface area contributed by atoms with Crippen LogP contribution in [0, 0.1) is 5.82 Å². The normalized spacial score (nSPS) is 15.7. The highest BCUT2D eigenvalue weighted by atomic mass is 35.5. The molecule has 0 aromatic heterocycles. The molecule has 11 heteroatoms. The van der Waals surface area contributed by atoms with E-state index < -0.39 is 42.6 Å². The van der Waals surface area contributed by atoms with Crippen molar-refractivity contribution < 1.29 is 37.3 Å². The molecule has 0 spiro atoms. The predicted molar refractivity (Wildman–Crippen MR) is 126 cm³/mol. The van der Waals surface area contributed by atoms with Crippen molar-refractivity contribution in [2.75, 3.05) is 5.01 Å². The number of hydrogen-bond donors (Lipinski definition) is 2. The second-order valence-corrected chi connectivity index (χ2v) is 8.47. The number of hydrogen-bond acceptors (Lipinski definition) is 5. The minimum Gasteiger partial charge on any atom is -0.481 e. The first-order valence-corrected chi connectivity index (χ1v) is 11.1. The van der Waals surface area contributed by atoms with Gasteiger partial charge in [-0.2, -0.15) is 18.3 Å². The first kappa shape index (κ1) is 25.5. The smallest absolute Gasteiger partial charge is 0.431 e. The number of aliphatic hydroxyl groups excluding tert-OH is 1. The maximum absolute atomic E-state index is 14.3. The highest BCUT2D eigenvalue weighted by molar-refractivity contribution is 6.32. The summed E-state index contributed by atoms with van der Waals surface area (Å²) in [5, 5.41) is 23.2. The van der Waals surface area contributed by atoms with E-state index >= 15 is 0 Å². The molecule has 0 bridgehead atoms. The second kappa shape index (κ2) is 10.2. The Morgan fingerprint density at radius 3 is 2.44 bits per heavy atom. The number of hydrazone groups is 1. The van der Waals surface area contributed by atoms with Gasteiger partial charge in [-0.1, -0.05) is 23.7 Å². The van der Waals surface area contributed by atoms with E-state index in [0.29, 0.717) is 16.9 Å². The van der Waals surface area contributed by atoms with Gasteiger partial charge in [0.1, 0.15) is 23.0 Å². The van der Waals surface area contributed by atoms with Gasteiger partial charge in [0.15, 0.2) is 0 Å². The van der Waals surface area contributed by atoms with Crippen LogP contribution in [0.2, 0.25) is 5.02 Å². The summed E-state index contributed by atoms with van der Waals surface area (Å²) >= 11 is 6.33. The van der Waals surface area contributed by atoms with Crippen LogP contribution in [0.25, 0.3) is 11.1 Å². The topological polar surface area (TPSA) is 82.4 Å². The number of nitrogens with zero attached hydrogens (tertiary/aromatic N) is 2. The Kier molecular flexibility index (Phi) is 7.18. The Balaban J connectivity index is 1.53. The van der Waals surface area contributed by atoms with Gasteiger partial charge in [0.2, 0.25) is 0 Å². The van der Waals surface area contributed by atoms with Crippen LogP contribution in [-0.2, 0) is 11.4 Å². The highest BCUT2D eigenvalue weighted by Crippen LogP contribution is 2.37. The molecule has 36 heavy (non-hydrogen) atoms. The van der Waals surface area contributed by atoms with E-state index in [1.54, 1.807) is 12.1 Å². The molecule has 3 aromatic carbocycles. The second-order valence-electron chi connectivity index (χ2n) is 8.06. The number of rotatable bonds is 7. The summed E-state index contributed by atoms with van der Waals surface area (Å²) in [5.41, 5.74) is 0.515. The average Bonchev–Trinajstić information content (AvgIpc) is 3.25. The third-order valence-corrected chi connectivity index (χ3v) is 5.82. The fraction of sp³-hybridized carbons (Fsp3) is 0.200. The van der Waals surface area contributed by atoms with Crippen LogP contribution < -0.4 is 9.75 Å². The fourth-order valence-corrected chi connectivity index (χ4v) is 4.02. The summed E-state index contributed by atoms with van der Waals surface area (Å²) in [7, 11) is 0. The summed E-state index contributed by atoms with van der Waals surface area (Å²) in [6.07, 6.45) is -5.69. The minimum atomic E-state index is -4.65. The third kappa shape index (κ3) is 5.60. The number of ether oxygens (including phenoxy) is 1. The van der Waals surface area contributed by atoms with Crippen molar-refractivity contribution in [1.82, 2.24) is 0 Å². The van der Waals surface area contributed by atoms with Crippen molar-refractivity contribution in [2.45, 2.75) is 31.7 Å². The number of anilines is 1. The van der Waals surface area contributed by atoms with E-state index in [9.17, 15) is 27.5 Å². The molecule has 2 N–H and O–H groups in total. The zero-order valence-electron chi connectivity index (χ0n) is 18.5. The molecule has 6 nitrogen and oxygen atoms in total. The van der Waals surface area contributed by atoms with E-state index in [1.807, 2.05) is 0 Å². The number of carboxylic acid groups (broad SMARTS) is 1. The number of carbonyl (C=O) groups is 1. The molecule has 4 rings (SSSR count). The monoisotopic (exact) mass is 522 g/mol. The van der Waals surface area contributed by atoms with Crippen molar-refractivity contribution in [3.05, 3.63) is 77.1 Å². The standard InChI is InChI=1S/C25H19ClF4N2O4/c26-20-10-15(19-9-14(13-33)1-7-21(19)27)2-8-22(20)36-18-5-3-16(4-6-18)32-17(12-24(34)35)11-23(31-32)25(28,29)30/h1-10,17,33H,11-13H2,(H,34,35). The van der Waals surface area contributed by atoms with Crippen LogP contribution >= 0.6 is 11.6 Å². The predicted octanol–water partition coefficient (Wildman–Crippen LogP) is 6.40. The van der Waals surface area contributed by atoms with Crippen LogP contribution in [0.1, 0.15) is 18.4 Å². The SMILES string of the molecule is O=C(O)CC1CC(C(F)(F)F)=NN1c1ccc(Oc2ccc(-c3cc(CO)ccc3F)cc2Cl)cc1. The van der Waals surface area contributed by atoms with Crippen LogP contribution in [0.5, 0.6) is 11.5 Å². The first-order valence-electron chi connectivity index (χ1n) is 10.7. The van der Waals surface area contributed by atoms with Gasteiger partial charge in [0.05, 0.1) is 29.8 Å². The van der Waals surface area contributed by atoms with Gasteiger partial charge in [-0.15, -0.1) is 0 Å². The summed E-state index contributed by atoms with van der Waals surface area (Å²) < 4.78 is 59.4. The van der Waals surface area contributed by atoms with Gasteiger partial charge in [-0.25, -0.2) is 4.39 Å². The van der Waals surface area contributed by atoms with Gasteiger partial charge in [-0.3, -0.25) is 9.80 Å². The third-order valence-electron chi connectivity index (χ3n) is 5.53. The summed E-state index contributed by atoms with van der Waals surface area (Å²) in [6, 6.07) is 13.8. The van der Waals surface area contributed by atoms with Crippen LogP contribution in [0.4, 0.5) is 23.2 Å². The molecular formula is C25H19ClF4N2O4.